The molecule has 9 heteroatoms. The smallest absolute Gasteiger partial charge is 0.303 e. The molecule has 3 unspecified atom stereocenters. The van der Waals surface area contributed by atoms with Gasteiger partial charge < -0.3 is 29.7 Å². The Kier molecular flexibility index (Phi) is 10.3. The van der Waals surface area contributed by atoms with Gasteiger partial charge in [-0.3, -0.25) is 14.5 Å². The van der Waals surface area contributed by atoms with Gasteiger partial charge in [-0.15, -0.1) is 0 Å². The Hall–Kier alpha value is -3.60. The summed E-state index contributed by atoms with van der Waals surface area (Å²) in [6.45, 7) is 4.35. The maximum Gasteiger partial charge on any atom is 0.303 e. The van der Waals surface area contributed by atoms with Crippen molar-refractivity contribution in [3.8, 4) is 11.1 Å². The number of nitrogens with one attached hydrogen (secondary N) is 1. The number of aliphatic hydroxyl groups excluding tert-OH is 1. The Morgan fingerprint density at radius 2 is 1.60 bits per heavy atom. The molecule has 222 valence electrons. The van der Waals surface area contributed by atoms with Gasteiger partial charge >= 0.3 is 5.97 Å². The number of hydrogen-bond acceptors (Lipinski definition) is 7. The Morgan fingerprint density at radius 3 is 2.31 bits per heavy atom. The molecule has 9 nitrogen and oxygen atoms in total. The molecular weight excluding hydrogens is 536 g/mol. The highest BCUT2D eigenvalue weighted by molar-refractivity contribution is 5.80. The van der Waals surface area contributed by atoms with Crippen LogP contribution in [0.25, 0.3) is 11.1 Å². The first-order chi connectivity index (χ1) is 20.5. The zero-order chi connectivity index (χ0) is 29.3. The molecule has 3 aromatic rings. The molecule has 2 aliphatic heterocycles. The molecule has 42 heavy (non-hydrogen) atoms. The summed E-state index contributed by atoms with van der Waals surface area (Å²) in [4.78, 5) is 25.2. The van der Waals surface area contributed by atoms with Crippen molar-refractivity contribution in [2.75, 3.05) is 32.8 Å². The van der Waals surface area contributed by atoms with Crippen molar-refractivity contribution in [1.82, 2.24) is 10.2 Å². The Labute approximate surface area is 246 Å². The van der Waals surface area contributed by atoms with Gasteiger partial charge in [0, 0.05) is 44.6 Å². The normalized spacial score (nSPS) is 21.1. The summed E-state index contributed by atoms with van der Waals surface area (Å²) in [5, 5.41) is 21.1. The van der Waals surface area contributed by atoms with Gasteiger partial charge in [0.25, 0.3) is 0 Å². The van der Waals surface area contributed by atoms with Crippen LogP contribution < -0.4 is 5.32 Å². The van der Waals surface area contributed by atoms with Crippen molar-refractivity contribution in [3.63, 3.8) is 0 Å². The Bertz CT molecular complexity index is 1320. The van der Waals surface area contributed by atoms with Crippen molar-refractivity contribution in [3.05, 3.63) is 95.1 Å². The topological polar surface area (TPSA) is 118 Å². The molecule has 2 fully saturated rings. The van der Waals surface area contributed by atoms with Gasteiger partial charge in [0.15, 0.2) is 6.29 Å². The number of ether oxygens (including phenoxy) is 3. The Balaban J connectivity index is 1.31. The standard InChI is InChI=1S/C33H38N2O7/c36-22-23-5-7-25(8-6-23)30-19-28(21-35-15-17-40-18-16-35)41-33(42-30)26-11-9-24(10-12-26)29-4-2-1-3-27(29)20-34-31(37)13-14-32(38)39/h1-12,28,30,33,36H,13-22H2,(H,34,37)(H,38,39). The van der Waals surface area contributed by atoms with Crippen LogP contribution in [0, 0.1) is 0 Å². The van der Waals surface area contributed by atoms with Crippen molar-refractivity contribution in [2.24, 2.45) is 0 Å². The molecule has 1 amide bonds. The lowest BCUT2D eigenvalue weighted by Crippen LogP contribution is -2.44. The van der Waals surface area contributed by atoms with Crippen molar-refractivity contribution in [1.29, 1.82) is 0 Å². The third-order valence-corrected chi connectivity index (χ3v) is 7.73. The lowest BCUT2D eigenvalue weighted by Gasteiger charge is -2.39. The minimum Gasteiger partial charge on any atom is -0.481 e. The number of rotatable bonds is 11. The van der Waals surface area contributed by atoms with E-state index in [2.05, 4.69) is 10.2 Å². The van der Waals surface area contributed by atoms with E-state index < -0.39 is 12.3 Å². The minimum absolute atomic E-state index is 0.00374. The second-order valence-corrected chi connectivity index (χ2v) is 10.7. The van der Waals surface area contributed by atoms with Crippen LogP contribution in [-0.2, 0) is 37.0 Å². The molecule has 0 aliphatic carbocycles. The van der Waals surface area contributed by atoms with Crippen LogP contribution in [0.5, 0.6) is 0 Å². The third-order valence-electron chi connectivity index (χ3n) is 7.73. The van der Waals surface area contributed by atoms with Gasteiger partial charge in [-0.25, -0.2) is 0 Å². The molecule has 2 heterocycles. The monoisotopic (exact) mass is 574 g/mol. The number of morpholine rings is 1. The molecule has 0 radical (unpaired) electrons. The second kappa shape index (κ2) is 14.5. The second-order valence-electron chi connectivity index (χ2n) is 10.7. The summed E-state index contributed by atoms with van der Waals surface area (Å²) >= 11 is 0. The van der Waals surface area contributed by atoms with Gasteiger partial charge in [0.05, 0.1) is 38.4 Å². The van der Waals surface area contributed by atoms with E-state index in [1.165, 1.54) is 0 Å². The average molecular weight is 575 g/mol. The number of aliphatic carboxylic acids is 1. The highest BCUT2D eigenvalue weighted by Gasteiger charge is 2.33. The fourth-order valence-corrected chi connectivity index (χ4v) is 5.38. The van der Waals surface area contributed by atoms with Gasteiger partial charge in [-0.1, -0.05) is 72.8 Å². The number of amides is 1. The fourth-order valence-electron chi connectivity index (χ4n) is 5.38. The highest BCUT2D eigenvalue weighted by Crippen LogP contribution is 2.39. The summed E-state index contributed by atoms with van der Waals surface area (Å²) in [5.74, 6) is -1.28. The number of hydrogen-bond donors (Lipinski definition) is 3. The third kappa shape index (κ3) is 8.02. The number of carboxylic acids is 1. The summed E-state index contributed by atoms with van der Waals surface area (Å²) in [6.07, 6.45) is -0.210. The number of carboxylic acid groups (broad SMARTS) is 1. The van der Waals surface area contributed by atoms with Crippen molar-refractivity contribution in [2.45, 2.75) is 50.9 Å². The van der Waals surface area contributed by atoms with Crippen LogP contribution in [0.3, 0.4) is 0 Å². The highest BCUT2D eigenvalue weighted by atomic mass is 16.7. The molecule has 0 saturated carbocycles. The molecule has 2 saturated heterocycles. The quantitative estimate of drug-likeness (QED) is 0.312. The summed E-state index contributed by atoms with van der Waals surface area (Å²) in [6, 6.07) is 23.8. The van der Waals surface area contributed by atoms with Gasteiger partial charge in [-0.2, -0.15) is 0 Å². The van der Waals surface area contributed by atoms with E-state index >= 15 is 0 Å². The Morgan fingerprint density at radius 1 is 0.881 bits per heavy atom. The zero-order valence-electron chi connectivity index (χ0n) is 23.6. The van der Waals surface area contributed by atoms with E-state index in [0.717, 1.165) is 72.6 Å². The first-order valence-corrected chi connectivity index (χ1v) is 14.5. The predicted molar refractivity (Wildman–Crippen MR) is 156 cm³/mol. The lowest BCUT2D eigenvalue weighted by atomic mass is 9.97. The molecule has 0 aromatic heterocycles. The SMILES string of the molecule is O=C(O)CCC(=O)NCc1ccccc1-c1ccc(C2OC(CN3CCOCC3)CC(c3ccc(CO)cc3)O2)cc1. The molecule has 3 atom stereocenters. The zero-order valence-corrected chi connectivity index (χ0v) is 23.6. The average Bonchev–Trinajstić information content (AvgIpc) is 3.03. The molecule has 3 aromatic carbocycles. The van der Waals surface area contributed by atoms with Gasteiger partial charge in [0.2, 0.25) is 5.91 Å². The summed E-state index contributed by atoms with van der Waals surface area (Å²) < 4.78 is 18.5. The van der Waals surface area contributed by atoms with E-state index in [9.17, 15) is 14.7 Å². The number of carbonyl (C=O) groups excluding carboxylic acids is 1. The van der Waals surface area contributed by atoms with Gasteiger partial charge in [0.1, 0.15) is 0 Å². The number of carbonyl (C=O) groups is 2. The van der Waals surface area contributed by atoms with Crippen LogP contribution >= 0.6 is 0 Å². The summed E-state index contributed by atoms with van der Waals surface area (Å²) in [5.41, 5.74) is 5.76. The van der Waals surface area contributed by atoms with Crippen LogP contribution in [0.4, 0.5) is 0 Å². The number of aliphatic hydroxyl groups is 1. The van der Waals surface area contributed by atoms with Crippen LogP contribution in [0.1, 0.15) is 53.9 Å². The van der Waals surface area contributed by atoms with Crippen LogP contribution in [-0.4, -0.2) is 65.9 Å². The summed E-state index contributed by atoms with van der Waals surface area (Å²) in [7, 11) is 0. The molecule has 2 aliphatic rings. The van der Waals surface area contributed by atoms with E-state index in [-0.39, 0.29) is 37.6 Å². The molecule has 5 rings (SSSR count). The van der Waals surface area contributed by atoms with Crippen LogP contribution in [0.15, 0.2) is 72.8 Å². The van der Waals surface area contributed by atoms with Crippen LogP contribution in [0.2, 0.25) is 0 Å². The maximum absolute atomic E-state index is 12.1. The number of nitrogens with zero attached hydrogens (tertiary/aromatic N) is 1. The van der Waals surface area contributed by atoms with Gasteiger partial charge in [-0.05, 0) is 27.8 Å². The minimum atomic E-state index is -0.991. The first kappa shape index (κ1) is 29.9. The van der Waals surface area contributed by atoms with Crippen molar-refractivity contribution >= 4 is 11.9 Å². The number of benzene rings is 3. The first-order valence-electron chi connectivity index (χ1n) is 14.5. The fraction of sp³-hybridized carbons (Fsp3) is 0.394. The molecule has 0 bridgehead atoms. The molecular formula is C33H38N2O7. The van der Waals surface area contributed by atoms with E-state index in [0.29, 0.717) is 6.54 Å². The predicted octanol–water partition coefficient (Wildman–Crippen LogP) is 4.20. The largest absolute Gasteiger partial charge is 0.481 e. The molecule has 0 spiro atoms. The van der Waals surface area contributed by atoms with E-state index in [1.807, 2.05) is 72.8 Å². The van der Waals surface area contributed by atoms with Crippen molar-refractivity contribution < 1.29 is 34.0 Å². The van der Waals surface area contributed by atoms with E-state index in [1.54, 1.807) is 0 Å². The lowest BCUT2D eigenvalue weighted by molar-refractivity contribution is -0.253. The molecule has 3 N–H and O–H groups in total. The maximum atomic E-state index is 12.1. The van der Waals surface area contributed by atoms with E-state index in [4.69, 9.17) is 19.3 Å².